The van der Waals surface area contributed by atoms with E-state index in [0.717, 1.165) is 13.1 Å². The lowest BCUT2D eigenvalue weighted by atomic mass is 9.68. The number of rotatable bonds is 4. The Morgan fingerprint density at radius 2 is 2.12 bits per heavy atom. The Balaban J connectivity index is 2.47. The molecule has 0 bridgehead atoms. The normalized spacial score (nSPS) is 31.7. The molecule has 0 aromatic carbocycles. The third-order valence-electron chi connectivity index (χ3n) is 3.93. The molecule has 0 radical (unpaired) electrons. The van der Waals surface area contributed by atoms with Crippen molar-refractivity contribution in [3.05, 3.63) is 0 Å². The molecular formula is C13H28N2O. The SMILES string of the molecule is CC(O)CN(C)CC1CCCC(C)(C)C1N. The van der Waals surface area contributed by atoms with Gasteiger partial charge >= 0.3 is 0 Å². The van der Waals surface area contributed by atoms with Crippen molar-refractivity contribution in [2.45, 2.75) is 52.2 Å². The van der Waals surface area contributed by atoms with Gasteiger partial charge in [0, 0.05) is 19.1 Å². The molecule has 0 aromatic heterocycles. The average Bonchev–Trinajstić information content (AvgIpc) is 2.11. The van der Waals surface area contributed by atoms with Crippen LogP contribution < -0.4 is 5.73 Å². The van der Waals surface area contributed by atoms with Crippen LogP contribution in [0.15, 0.2) is 0 Å². The van der Waals surface area contributed by atoms with Gasteiger partial charge in [0.25, 0.3) is 0 Å². The Morgan fingerprint density at radius 3 is 2.69 bits per heavy atom. The summed E-state index contributed by atoms with van der Waals surface area (Å²) in [5.74, 6) is 0.576. The van der Waals surface area contributed by atoms with Crippen LogP contribution in [0, 0.1) is 11.3 Å². The van der Waals surface area contributed by atoms with Crippen molar-refractivity contribution in [3.63, 3.8) is 0 Å². The summed E-state index contributed by atoms with van der Waals surface area (Å²) < 4.78 is 0. The molecule has 3 N–H and O–H groups in total. The highest BCUT2D eigenvalue weighted by Gasteiger charge is 2.36. The summed E-state index contributed by atoms with van der Waals surface area (Å²) in [6.45, 7) is 8.14. The largest absolute Gasteiger partial charge is 0.392 e. The van der Waals surface area contributed by atoms with E-state index in [1.807, 2.05) is 6.92 Å². The zero-order chi connectivity index (χ0) is 12.3. The van der Waals surface area contributed by atoms with Gasteiger partial charge in [-0.05, 0) is 38.1 Å². The van der Waals surface area contributed by atoms with Gasteiger partial charge < -0.3 is 15.7 Å². The van der Waals surface area contributed by atoms with E-state index in [1.165, 1.54) is 19.3 Å². The molecule has 0 aromatic rings. The fourth-order valence-electron chi connectivity index (χ4n) is 2.93. The Labute approximate surface area is 100 Å². The van der Waals surface area contributed by atoms with Crippen molar-refractivity contribution in [2.24, 2.45) is 17.1 Å². The topological polar surface area (TPSA) is 49.5 Å². The number of aliphatic hydroxyl groups is 1. The highest BCUT2D eigenvalue weighted by atomic mass is 16.3. The number of likely N-dealkylation sites (N-methyl/N-ethyl adjacent to an activating group) is 1. The predicted molar refractivity (Wildman–Crippen MR) is 68.3 cm³/mol. The summed E-state index contributed by atoms with van der Waals surface area (Å²) in [5.41, 5.74) is 6.62. The summed E-state index contributed by atoms with van der Waals surface area (Å²) >= 11 is 0. The second-order valence-corrected chi connectivity index (χ2v) is 6.24. The molecule has 1 rings (SSSR count). The van der Waals surface area contributed by atoms with Crippen molar-refractivity contribution in [3.8, 4) is 0 Å². The fourth-order valence-corrected chi connectivity index (χ4v) is 2.93. The van der Waals surface area contributed by atoms with Crippen molar-refractivity contribution in [1.82, 2.24) is 4.90 Å². The average molecular weight is 228 g/mol. The van der Waals surface area contributed by atoms with Gasteiger partial charge in [0.05, 0.1) is 6.10 Å². The maximum atomic E-state index is 9.35. The second-order valence-electron chi connectivity index (χ2n) is 6.24. The summed E-state index contributed by atoms with van der Waals surface area (Å²) in [7, 11) is 2.07. The van der Waals surface area contributed by atoms with Gasteiger partial charge in [0.15, 0.2) is 0 Å². The summed E-state index contributed by atoms with van der Waals surface area (Å²) in [6, 6.07) is 0.290. The van der Waals surface area contributed by atoms with Crippen molar-refractivity contribution in [1.29, 1.82) is 0 Å². The highest BCUT2D eigenvalue weighted by molar-refractivity contribution is 4.92. The molecule has 16 heavy (non-hydrogen) atoms. The Morgan fingerprint density at radius 1 is 1.50 bits per heavy atom. The third-order valence-corrected chi connectivity index (χ3v) is 3.93. The van der Waals surface area contributed by atoms with Gasteiger partial charge in [0.2, 0.25) is 0 Å². The van der Waals surface area contributed by atoms with Crippen LogP contribution in [-0.4, -0.2) is 42.3 Å². The lowest BCUT2D eigenvalue weighted by Gasteiger charge is -2.43. The van der Waals surface area contributed by atoms with Crippen LogP contribution in [0.1, 0.15) is 40.0 Å². The van der Waals surface area contributed by atoms with Crippen LogP contribution in [0.5, 0.6) is 0 Å². The Kier molecular flexibility index (Phi) is 4.77. The van der Waals surface area contributed by atoms with Crippen molar-refractivity contribution < 1.29 is 5.11 Å². The van der Waals surface area contributed by atoms with Crippen LogP contribution in [0.3, 0.4) is 0 Å². The molecule has 0 saturated heterocycles. The molecule has 3 nitrogen and oxygen atoms in total. The van der Waals surface area contributed by atoms with E-state index in [-0.39, 0.29) is 17.6 Å². The summed E-state index contributed by atoms with van der Waals surface area (Å²) in [5, 5.41) is 9.35. The van der Waals surface area contributed by atoms with Gasteiger partial charge in [0.1, 0.15) is 0 Å². The van der Waals surface area contributed by atoms with Crippen LogP contribution >= 0.6 is 0 Å². The lowest BCUT2D eigenvalue weighted by Crippen LogP contribution is -2.50. The lowest BCUT2D eigenvalue weighted by molar-refractivity contribution is 0.0871. The molecule has 3 atom stereocenters. The number of nitrogens with zero attached hydrogens (tertiary/aromatic N) is 1. The first kappa shape index (κ1) is 13.9. The first-order valence-corrected chi connectivity index (χ1v) is 6.45. The standard InChI is InChI=1S/C13H28N2O/c1-10(16)8-15(4)9-11-6-5-7-13(2,3)12(11)14/h10-12,16H,5-9,14H2,1-4H3. The molecule has 3 heteroatoms. The van der Waals surface area contributed by atoms with Gasteiger partial charge in [-0.1, -0.05) is 20.3 Å². The summed E-state index contributed by atoms with van der Waals surface area (Å²) in [6.07, 6.45) is 3.51. The van der Waals surface area contributed by atoms with E-state index in [9.17, 15) is 5.11 Å². The van der Waals surface area contributed by atoms with Crippen LogP contribution in [0.4, 0.5) is 0 Å². The van der Waals surface area contributed by atoms with Crippen molar-refractivity contribution >= 4 is 0 Å². The Hall–Kier alpha value is -0.120. The molecule has 0 heterocycles. The van der Waals surface area contributed by atoms with E-state index in [2.05, 4.69) is 25.8 Å². The molecule has 96 valence electrons. The second kappa shape index (κ2) is 5.48. The van der Waals surface area contributed by atoms with Gasteiger partial charge in [-0.25, -0.2) is 0 Å². The monoisotopic (exact) mass is 228 g/mol. The molecule has 0 aliphatic heterocycles. The number of hydrogen-bond donors (Lipinski definition) is 2. The minimum Gasteiger partial charge on any atom is -0.392 e. The zero-order valence-electron chi connectivity index (χ0n) is 11.2. The Bertz CT molecular complexity index is 216. The van der Waals surface area contributed by atoms with Gasteiger partial charge in [-0.15, -0.1) is 0 Å². The van der Waals surface area contributed by atoms with Crippen LogP contribution in [-0.2, 0) is 0 Å². The maximum Gasteiger partial charge on any atom is 0.0638 e. The minimum atomic E-state index is -0.252. The van der Waals surface area contributed by atoms with E-state index >= 15 is 0 Å². The zero-order valence-corrected chi connectivity index (χ0v) is 11.2. The third kappa shape index (κ3) is 3.72. The van der Waals surface area contributed by atoms with Gasteiger partial charge in [-0.2, -0.15) is 0 Å². The van der Waals surface area contributed by atoms with E-state index < -0.39 is 0 Å². The fraction of sp³-hybridized carbons (Fsp3) is 1.00. The number of aliphatic hydroxyl groups excluding tert-OH is 1. The van der Waals surface area contributed by atoms with Crippen LogP contribution in [0.25, 0.3) is 0 Å². The molecule has 1 saturated carbocycles. The predicted octanol–water partition coefficient (Wildman–Crippen LogP) is 1.45. The molecule has 3 unspecified atom stereocenters. The van der Waals surface area contributed by atoms with Gasteiger partial charge in [-0.3, -0.25) is 0 Å². The molecular weight excluding hydrogens is 200 g/mol. The smallest absolute Gasteiger partial charge is 0.0638 e. The molecule has 1 aliphatic carbocycles. The van der Waals surface area contributed by atoms with Crippen LogP contribution in [0.2, 0.25) is 0 Å². The molecule has 1 fully saturated rings. The van der Waals surface area contributed by atoms with E-state index in [0.29, 0.717) is 5.92 Å². The first-order chi connectivity index (χ1) is 7.33. The number of nitrogens with two attached hydrogens (primary N) is 1. The molecule has 0 spiro atoms. The first-order valence-electron chi connectivity index (χ1n) is 6.45. The van der Waals surface area contributed by atoms with E-state index in [1.54, 1.807) is 0 Å². The van der Waals surface area contributed by atoms with Crippen molar-refractivity contribution in [2.75, 3.05) is 20.1 Å². The quantitative estimate of drug-likeness (QED) is 0.766. The molecule has 1 aliphatic rings. The molecule has 0 amide bonds. The minimum absolute atomic E-state index is 0.252. The maximum absolute atomic E-state index is 9.35. The van der Waals surface area contributed by atoms with E-state index in [4.69, 9.17) is 5.73 Å². The number of hydrogen-bond acceptors (Lipinski definition) is 3. The highest BCUT2D eigenvalue weighted by Crippen LogP contribution is 2.37. The summed E-state index contributed by atoms with van der Waals surface area (Å²) in [4.78, 5) is 2.20.